The Morgan fingerprint density at radius 1 is 1.17 bits per heavy atom. The number of nitrogens with one attached hydrogen (secondary N) is 1. The third-order valence-corrected chi connectivity index (χ3v) is 6.37. The van der Waals surface area contributed by atoms with Crippen molar-refractivity contribution in [3.05, 3.63) is 85.1 Å². The average molecular weight is 514 g/mol. The van der Waals surface area contributed by atoms with Crippen molar-refractivity contribution in [2.45, 2.75) is 13.5 Å². The summed E-state index contributed by atoms with van der Waals surface area (Å²) >= 11 is 6.28. The zero-order valence-corrected chi connectivity index (χ0v) is 21.0. The van der Waals surface area contributed by atoms with Gasteiger partial charge in [0.2, 0.25) is 5.69 Å². The second-order valence-corrected chi connectivity index (χ2v) is 8.84. The van der Waals surface area contributed by atoms with Crippen molar-refractivity contribution in [1.82, 2.24) is 24.6 Å². The quantitative estimate of drug-likeness (QED) is 0.486. The highest BCUT2D eigenvalue weighted by Gasteiger charge is 2.21. The highest BCUT2D eigenvalue weighted by molar-refractivity contribution is 6.31. The van der Waals surface area contributed by atoms with Crippen LogP contribution in [0.2, 0.25) is 5.02 Å². The molecular weight excluding hydrogens is 486 g/mol. The van der Waals surface area contributed by atoms with Gasteiger partial charge >= 0.3 is 5.69 Å². The van der Waals surface area contributed by atoms with E-state index in [0.717, 1.165) is 27.9 Å². The Balaban J connectivity index is 1.70. The Bertz CT molecular complexity index is 1360. The summed E-state index contributed by atoms with van der Waals surface area (Å²) in [4.78, 5) is 41.9. The number of amides is 1. The molecule has 190 valence electrons. The molecule has 0 aliphatic carbocycles. The second-order valence-electron chi connectivity index (χ2n) is 8.43. The molecule has 1 N–H and O–H groups in total. The third kappa shape index (κ3) is 5.84. The summed E-state index contributed by atoms with van der Waals surface area (Å²) in [5, 5.41) is 7.35. The van der Waals surface area contributed by atoms with Gasteiger partial charge in [-0.3, -0.25) is 19.1 Å². The summed E-state index contributed by atoms with van der Waals surface area (Å²) in [5.74, 6) is -0.0686. The van der Waals surface area contributed by atoms with Crippen molar-refractivity contribution in [3.8, 4) is 11.4 Å². The number of halogens is 1. The molecule has 1 fully saturated rings. The molecule has 0 atom stereocenters. The fourth-order valence-electron chi connectivity index (χ4n) is 3.87. The molecule has 36 heavy (non-hydrogen) atoms. The third-order valence-electron chi connectivity index (χ3n) is 5.97. The van der Waals surface area contributed by atoms with Gasteiger partial charge in [0.05, 0.1) is 32.6 Å². The number of benzene rings is 2. The summed E-state index contributed by atoms with van der Waals surface area (Å²) in [5.41, 5.74) is -0.0200. The molecule has 4 rings (SSSR count). The molecule has 2 aromatic carbocycles. The first kappa shape index (κ1) is 25.6. The number of rotatable bonds is 8. The van der Waals surface area contributed by atoms with Gasteiger partial charge in [-0.2, -0.15) is 9.78 Å². The van der Waals surface area contributed by atoms with E-state index < -0.39 is 17.2 Å². The lowest BCUT2D eigenvalue weighted by atomic mass is 10.2. The Labute approximate surface area is 213 Å². The van der Waals surface area contributed by atoms with E-state index >= 15 is 0 Å². The van der Waals surface area contributed by atoms with Crippen LogP contribution >= 0.6 is 11.6 Å². The molecule has 0 radical (unpaired) electrons. The second kappa shape index (κ2) is 11.5. The SMILES string of the molecule is COc1cccc(Cn2c(=O)c(C(=O)NCCN3CCOCC3)nn(-c3ccc(C)c(Cl)c3)c2=O)c1. The van der Waals surface area contributed by atoms with Crippen LogP contribution in [0.3, 0.4) is 0 Å². The van der Waals surface area contributed by atoms with Crippen LogP contribution in [0.5, 0.6) is 5.75 Å². The zero-order chi connectivity index (χ0) is 25.7. The number of aromatic nitrogens is 3. The predicted octanol–water partition coefficient (Wildman–Crippen LogP) is 1.47. The summed E-state index contributed by atoms with van der Waals surface area (Å²) in [6.07, 6.45) is 0. The molecule has 0 saturated carbocycles. The first-order chi connectivity index (χ1) is 17.4. The van der Waals surface area contributed by atoms with Gasteiger partial charge in [-0.1, -0.05) is 29.8 Å². The number of carbonyl (C=O) groups excluding carboxylic acids is 1. The van der Waals surface area contributed by atoms with Crippen molar-refractivity contribution in [2.24, 2.45) is 0 Å². The van der Waals surface area contributed by atoms with Gasteiger partial charge in [0, 0.05) is 31.2 Å². The monoisotopic (exact) mass is 513 g/mol. The van der Waals surface area contributed by atoms with E-state index in [4.69, 9.17) is 21.1 Å². The molecule has 10 nitrogen and oxygen atoms in total. The zero-order valence-electron chi connectivity index (χ0n) is 20.2. The Hall–Kier alpha value is -3.47. The lowest BCUT2D eigenvalue weighted by Gasteiger charge is -2.26. The van der Waals surface area contributed by atoms with E-state index in [9.17, 15) is 14.4 Å². The summed E-state index contributed by atoms with van der Waals surface area (Å²) in [6.45, 7) is 5.56. The molecule has 3 aromatic rings. The van der Waals surface area contributed by atoms with E-state index in [1.54, 1.807) is 42.5 Å². The molecule has 1 aromatic heterocycles. The Morgan fingerprint density at radius 2 is 1.94 bits per heavy atom. The van der Waals surface area contributed by atoms with Crippen LogP contribution in [0.15, 0.2) is 52.1 Å². The smallest absolute Gasteiger partial charge is 0.352 e. The fourth-order valence-corrected chi connectivity index (χ4v) is 4.04. The predicted molar refractivity (Wildman–Crippen MR) is 136 cm³/mol. The van der Waals surface area contributed by atoms with Crippen molar-refractivity contribution in [2.75, 3.05) is 46.5 Å². The Kier molecular flexibility index (Phi) is 8.19. The Morgan fingerprint density at radius 3 is 2.67 bits per heavy atom. The number of hydrogen-bond donors (Lipinski definition) is 1. The van der Waals surface area contributed by atoms with Gasteiger partial charge in [-0.15, -0.1) is 0 Å². The minimum Gasteiger partial charge on any atom is -0.497 e. The lowest BCUT2D eigenvalue weighted by molar-refractivity contribution is 0.0383. The van der Waals surface area contributed by atoms with Crippen molar-refractivity contribution >= 4 is 17.5 Å². The van der Waals surface area contributed by atoms with Gasteiger partial charge < -0.3 is 14.8 Å². The van der Waals surface area contributed by atoms with E-state index in [0.29, 0.717) is 48.3 Å². The largest absolute Gasteiger partial charge is 0.497 e. The van der Waals surface area contributed by atoms with Crippen LogP contribution in [-0.2, 0) is 11.3 Å². The molecule has 1 saturated heterocycles. The lowest BCUT2D eigenvalue weighted by Crippen LogP contribution is -2.47. The van der Waals surface area contributed by atoms with Gasteiger partial charge in [-0.05, 0) is 42.3 Å². The minimum atomic E-state index is -0.777. The number of aryl methyl sites for hydroxylation is 1. The molecule has 1 aliphatic heterocycles. The molecule has 1 aliphatic rings. The maximum atomic E-state index is 13.4. The van der Waals surface area contributed by atoms with E-state index in [1.165, 1.54) is 7.11 Å². The average Bonchev–Trinajstić information content (AvgIpc) is 2.89. The summed E-state index contributed by atoms with van der Waals surface area (Å²) < 4.78 is 12.6. The van der Waals surface area contributed by atoms with E-state index in [1.807, 2.05) is 6.92 Å². The normalized spacial score (nSPS) is 14.0. The van der Waals surface area contributed by atoms with Crippen molar-refractivity contribution < 1.29 is 14.3 Å². The van der Waals surface area contributed by atoms with Crippen LogP contribution in [-0.4, -0.2) is 71.7 Å². The van der Waals surface area contributed by atoms with Crippen LogP contribution in [0.4, 0.5) is 0 Å². The van der Waals surface area contributed by atoms with Crippen LogP contribution in [0.25, 0.3) is 5.69 Å². The standard InChI is InChI=1S/C25H28ClN5O5/c1-17-6-7-19(15-21(17)26)31-25(34)30(16-18-4-3-5-20(14-18)35-2)24(33)22(28-31)23(32)27-8-9-29-10-12-36-13-11-29/h3-7,14-15H,8-13,16H2,1-2H3,(H,27,32). The minimum absolute atomic E-state index is 0.0644. The first-order valence-corrected chi connectivity index (χ1v) is 12.0. The van der Waals surface area contributed by atoms with Crippen LogP contribution in [0, 0.1) is 6.92 Å². The number of hydrogen-bond acceptors (Lipinski definition) is 7. The fraction of sp³-hybridized carbons (Fsp3) is 0.360. The van der Waals surface area contributed by atoms with E-state index in [-0.39, 0.29) is 12.2 Å². The van der Waals surface area contributed by atoms with E-state index in [2.05, 4.69) is 15.3 Å². The van der Waals surface area contributed by atoms with Crippen molar-refractivity contribution in [3.63, 3.8) is 0 Å². The molecule has 0 unspecified atom stereocenters. The number of morpholine rings is 1. The topological polar surface area (TPSA) is 108 Å². The maximum absolute atomic E-state index is 13.4. The summed E-state index contributed by atoms with van der Waals surface area (Å²) in [7, 11) is 1.53. The van der Waals surface area contributed by atoms with Gasteiger partial charge in [0.1, 0.15) is 5.75 Å². The number of nitrogens with zero attached hydrogens (tertiary/aromatic N) is 4. The molecule has 2 heterocycles. The number of methoxy groups -OCH3 is 1. The highest BCUT2D eigenvalue weighted by Crippen LogP contribution is 2.18. The molecule has 0 spiro atoms. The van der Waals surface area contributed by atoms with Gasteiger partial charge in [-0.25, -0.2) is 4.79 Å². The van der Waals surface area contributed by atoms with Crippen LogP contribution < -0.4 is 21.3 Å². The van der Waals surface area contributed by atoms with Crippen LogP contribution in [0.1, 0.15) is 21.6 Å². The molecule has 0 bridgehead atoms. The van der Waals surface area contributed by atoms with Gasteiger partial charge in [0.25, 0.3) is 11.5 Å². The maximum Gasteiger partial charge on any atom is 0.352 e. The number of ether oxygens (including phenoxy) is 2. The molecule has 1 amide bonds. The molecular formula is C25H28ClN5O5. The highest BCUT2D eigenvalue weighted by atomic mass is 35.5. The first-order valence-electron chi connectivity index (χ1n) is 11.6. The number of carbonyl (C=O) groups is 1. The van der Waals surface area contributed by atoms with Gasteiger partial charge in [0.15, 0.2) is 0 Å². The molecule has 11 heteroatoms. The summed E-state index contributed by atoms with van der Waals surface area (Å²) in [6, 6.07) is 12.0. The van der Waals surface area contributed by atoms with Crippen molar-refractivity contribution in [1.29, 1.82) is 0 Å².